The lowest BCUT2D eigenvalue weighted by Crippen LogP contribution is -2.51. The summed E-state index contributed by atoms with van der Waals surface area (Å²) >= 11 is 12.3. The minimum absolute atomic E-state index is 0.474. The van der Waals surface area contributed by atoms with E-state index >= 15 is 0 Å². The summed E-state index contributed by atoms with van der Waals surface area (Å²) in [5.41, 5.74) is 3.03. The summed E-state index contributed by atoms with van der Waals surface area (Å²) < 4.78 is 0. The number of nitrogens with one attached hydrogen (secondary N) is 2. The Bertz CT molecular complexity index is 1020. The van der Waals surface area contributed by atoms with Gasteiger partial charge in [0.25, 0.3) is 0 Å². The molecule has 0 bridgehead atoms. The van der Waals surface area contributed by atoms with Crippen molar-refractivity contribution >= 4 is 35.3 Å². The van der Waals surface area contributed by atoms with Gasteiger partial charge >= 0.3 is 0 Å². The molecule has 2 heterocycles. The van der Waals surface area contributed by atoms with Crippen LogP contribution in [0.1, 0.15) is 37.3 Å². The summed E-state index contributed by atoms with van der Waals surface area (Å²) in [6.45, 7) is 8.78. The maximum absolute atomic E-state index is 11.8. The number of carbonyl (C=O) groups excluding carboxylic acids is 1. The highest BCUT2D eigenvalue weighted by Crippen LogP contribution is 2.23. The van der Waals surface area contributed by atoms with Crippen molar-refractivity contribution in [1.82, 2.24) is 20.4 Å². The Morgan fingerprint density at radius 3 is 2.58 bits per heavy atom. The SMILES string of the molecule is C[C@H]1CN(/C(=C\N2CCCCC2)NCc2ccc(N(C=O)CCc3ccc(Cl)cc3Cl)cc2)CCN1. The normalized spacial score (nSPS) is 18.8. The lowest BCUT2D eigenvalue weighted by Gasteiger charge is -2.37. The first-order chi connectivity index (χ1) is 17.5. The van der Waals surface area contributed by atoms with E-state index in [2.05, 4.69) is 45.7 Å². The molecule has 2 aliphatic heterocycles. The molecule has 1 atom stereocenters. The van der Waals surface area contributed by atoms with Crippen molar-refractivity contribution in [3.8, 4) is 0 Å². The molecule has 194 valence electrons. The van der Waals surface area contributed by atoms with Crippen molar-refractivity contribution < 1.29 is 4.79 Å². The van der Waals surface area contributed by atoms with Crippen LogP contribution in [0, 0.1) is 0 Å². The molecule has 4 rings (SSSR count). The Kier molecular flexibility index (Phi) is 9.79. The molecule has 2 saturated heterocycles. The molecule has 2 fully saturated rings. The highest BCUT2D eigenvalue weighted by molar-refractivity contribution is 6.35. The Balaban J connectivity index is 1.37. The largest absolute Gasteiger partial charge is 0.374 e. The van der Waals surface area contributed by atoms with Gasteiger partial charge in [-0.05, 0) is 68.0 Å². The number of likely N-dealkylation sites (tertiary alicyclic amines) is 1. The first-order valence-electron chi connectivity index (χ1n) is 12.9. The Morgan fingerprint density at radius 2 is 1.89 bits per heavy atom. The van der Waals surface area contributed by atoms with E-state index < -0.39 is 0 Å². The Hall–Kier alpha value is -2.41. The fraction of sp³-hybridized carbons (Fsp3) is 0.464. The van der Waals surface area contributed by atoms with E-state index in [4.69, 9.17) is 23.2 Å². The van der Waals surface area contributed by atoms with Gasteiger partial charge in [0, 0.05) is 73.8 Å². The standard InChI is InChI=1S/C28H37Cl2N5O/c1-22-19-34(16-12-31-22)28(20-33-13-3-2-4-14-33)32-18-23-5-9-26(10-6-23)35(21-36)15-11-24-7-8-25(29)17-27(24)30/h5-10,17,20-22,31-32H,2-4,11-16,18-19H2,1H3/b28-20-/t22-/m0/s1. The molecule has 0 unspecified atom stereocenters. The van der Waals surface area contributed by atoms with Crippen LogP contribution >= 0.6 is 23.2 Å². The molecule has 0 saturated carbocycles. The predicted molar refractivity (Wildman–Crippen MR) is 149 cm³/mol. The summed E-state index contributed by atoms with van der Waals surface area (Å²) in [5, 5.41) is 8.48. The number of halogens is 2. The molecule has 2 aromatic rings. The number of nitrogens with zero attached hydrogens (tertiary/aromatic N) is 3. The molecule has 36 heavy (non-hydrogen) atoms. The van der Waals surface area contributed by atoms with Crippen LogP contribution in [-0.2, 0) is 17.8 Å². The molecule has 0 aliphatic carbocycles. The van der Waals surface area contributed by atoms with Gasteiger partial charge in [0.1, 0.15) is 5.82 Å². The number of piperidine rings is 1. The molecular formula is C28H37Cl2N5O. The number of piperazine rings is 1. The highest BCUT2D eigenvalue weighted by Gasteiger charge is 2.19. The van der Waals surface area contributed by atoms with Gasteiger partial charge in [-0.1, -0.05) is 41.4 Å². The lowest BCUT2D eigenvalue weighted by molar-refractivity contribution is -0.107. The summed E-state index contributed by atoms with van der Waals surface area (Å²) in [5.74, 6) is 1.20. The van der Waals surface area contributed by atoms with E-state index in [1.807, 2.05) is 24.3 Å². The molecule has 8 heteroatoms. The van der Waals surface area contributed by atoms with Crippen molar-refractivity contribution in [3.05, 3.63) is 75.7 Å². The van der Waals surface area contributed by atoms with E-state index in [0.29, 0.717) is 29.1 Å². The molecule has 0 radical (unpaired) electrons. The number of anilines is 1. The van der Waals surface area contributed by atoms with E-state index in [0.717, 1.165) is 56.9 Å². The molecule has 1 amide bonds. The maximum atomic E-state index is 11.8. The van der Waals surface area contributed by atoms with Gasteiger partial charge in [-0.15, -0.1) is 0 Å². The molecule has 2 aliphatic rings. The van der Waals surface area contributed by atoms with E-state index in [1.165, 1.54) is 30.6 Å². The minimum atomic E-state index is 0.474. The molecule has 0 aromatic heterocycles. The highest BCUT2D eigenvalue weighted by atomic mass is 35.5. The van der Waals surface area contributed by atoms with E-state index in [9.17, 15) is 4.79 Å². The third-order valence-corrected chi connectivity index (χ3v) is 7.50. The van der Waals surface area contributed by atoms with Crippen molar-refractivity contribution in [3.63, 3.8) is 0 Å². The van der Waals surface area contributed by atoms with E-state index in [-0.39, 0.29) is 0 Å². The molecule has 2 N–H and O–H groups in total. The van der Waals surface area contributed by atoms with Gasteiger partial charge in [0.15, 0.2) is 0 Å². The zero-order valence-electron chi connectivity index (χ0n) is 21.1. The van der Waals surface area contributed by atoms with Crippen LogP contribution in [-0.4, -0.2) is 61.5 Å². The number of hydrogen-bond donors (Lipinski definition) is 2. The summed E-state index contributed by atoms with van der Waals surface area (Å²) in [6.07, 6.45) is 7.71. The molecule has 6 nitrogen and oxygen atoms in total. The minimum Gasteiger partial charge on any atom is -0.374 e. The van der Waals surface area contributed by atoms with Crippen LogP contribution < -0.4 is 15.5 Å². The second-order valence-corrected chi connectivity index (χ2v) is 10.6. The van der Waals surface area contributed by atoms with Crippen LogP contribution in [0.2, 0.25) is 10.0 Å². The molecule has 0 spiro atoms. The van der Waals surface area contributed by atoms with Crippen molar-refractivity contribution in [1.29, 1.82) is 0 Å². The lowest BCUT2D eigenvalue weighted by atomic mass is 10.1. The van der Waals surface area contributed by atoms with Gasteiger partial charge in [0.05, 0.1) is 0 Å². The second kappa shape index (κ2) is 13.2. The third kappa shape index (κ3) is 7.55. The number of amides is 1. The Morgan fingerprint density at radius 1 is 1.11 bits per heavy atom. The van der Waals surface area contributed by atoms with E-state index in [1.54, 1.807) is 11.0 Å². The van der Waals surface area contributed by atoms with Gasteiger partial charge in [-0.25, -0.2) is 0 Å². The van der Waals surface area contributed by atoms with Gasteiger partial charge in [0.2, 0.25) is 6.41 Å². The van der Waals surface area contributed by atoms with Crippen LogP contribution in [0.3, 0.4) is 0 Å². The van der Waals surface area contributed by atoms with Crippen LogP contribution in [0.5, 0.6) is 0 Å². The number of rotatable bonds is 10. The van der Waals surface area contributed by atoms with Gasteiger partial charge in [-0.3, -0.25) is 4.79 Å². The smallest absolute Gasteiger partial charge is 0.214 e. The zero-order valence-corrected chi connectivity index (χ0v) is 22.6. The van der Waals surface area contributed by atoms with Crippen molar-refractivity contribution in [2.75, 3.05) is 44.2 Å². The first-order valence-corrected chi connectivity index (χ1v) is 13.7. The average Bonchev–Trinajstić information content (AvgIpc) is 2.89. The van der Waals surface area contributed by atoms with Crippen molar-refractivity contribution in [2.24, 2.45) is 0 Å². The maximum Gasteiger partial charge on any atom is 0.214 e. The van der Waals surface area contributed by atoms with Crippen LogP contribution in [0.15, 0.2) is 54.5 Å². The zero-order chi connectivity index (χ0) is 25.3. The number of hydrogen-bond acceptors (Lipinski definition) is 5. The quantitative estimate of drug-likeness (QED) is 0.430. The number of carbonyl (C=O) groups is 1. The van der Waals surface area contributed by atoms with Gasteiger partial charge in [-0.2, -0.15) is 0 Å². The monoisotopic (exact) mass is 529 g/mol. The first kappa shape index (κ1) is 26.6. The topological polar surface area (TPSA) is 50.9 Å². The summed E-state index contributed by atoms with van der Waals surface area (Å²) in [6, 6.07) is 14.1. The van der Waals surface area contributed by atoms with Crippen molar-refractivity contribution in [2.45, 2.75) is 45.2 Å². The fourth-order valence-electron chi connectivity index (χ4n) is 4.82. The van der Waals surface area contributed by atoms with Crippen LogP contribution in [0.25, 0.3) is 0 Å². The summed E-state index contributed by atoms with van der Waals surface area (Å²) in [7, 11) is 0. The second-order valence-electron chi connectivity index (χ2n) is 9.72. The Labute approximate surface area is 225 Å². The summed E-state index contributed by atoms with van der Waals surface area (Å²) in [4.78, 5) is 18.4. The molecular weight excluding hydrogens is 493 g/mol. The number of benzene rings is 2. The van der Waals surface area contributed by atoms with Gasteiger partial charge < -0.3 is 25.3 Å². The van der Waals surface area contributed by atoms with Crippen LogP contribution in [0.4, 0.5) is 5.69 Å². The third-order valence-electron chi connectivity index (χ3n) is 6.91. The molecule has 2 aromatic carbocycles. The fourth-order valence-corrected chi connectivity index (χ4v) is 5.32. The average molecular weight is 531 g/mol. The predicted octanol–water partition coefficient (Wildman–Crippen LogP) is 4.87.